The van der Waals surface area contributed by atoms with Gasteiger partial charge in [0.2, 0.25) is 11.7 Å². The largest absolute Gasteiger partial charge is 0.433 e. The first kappa shape index (κ1) is 19.8. The number of halogens is 3. The maximum Gasteiger partial charge on any atom is 0.433 e. The van der Waals surface area contributed by atoms with Crippen molar-refractivity contribution in [1.82, 2.24) is 20.4 Å². The van der Waals surface area contributed by atoms with Gasteiger partial charge in [0, 0.05) is 45.2 Å². The second-order valence-electron chi connectivity index (χ2n) is 6.51. The number of aryl methyl sites for hydroxylation is 1. The molecule has 0 aliphatic carbocycles. The van der Waals surface area contributed by atoms with Crippen molar-refractivity contribution in [2.75, 3.05) is 19.0 Å². The molecular weight excluding hydrogens is 371 g/mol. The lowest BCUT2D eigenvalue weighted by molar-refractivity contribution is -0.141. The van der Waals surface area contributed by atoms with E-state index in [4.69, 9.17) is 4.52 Å². The predicted octanol–water partition coefficient (Wildman–Crippen LogP) is 3.81. The molecule has 1 N–H and O–H groups in total. The van der Waals surface area contributed by atoms with Gasteiger partial charge < -0.3 is 14.7 Å². The maximum absolute atomic E-state index is 12.9. The third-order valence-electron chi connectivity index (χ3n) is 4.05. The summed E-state index contributed by atoms with van der Waals surface area (Å²) in [7, 11) is 3.34. The van der Waals surface area contributed by atoms with Gasteiger partial charge >= 0.3 is 6.18 Å². The second kappa shape index (κ2) is 7.97. The van der Waals surface area contributed by atoms with Gasteiger partial charge in [-0.25, -0.2) is 4.98 Å². The highest BCUT2D eigenvalue weighted by molar-refractivity contribution is 5.54. The van der Waals surface area contributed by atoms with Crippen LogP contribution in [0, 0.1) is 6.92 Å². The minimum Gasteiger partial charge on any atom is -0.362 e. The molecule has 3 aromatic rings. The molecule has 0 atom stereocenters. The predicted molar refractivity (Wildman–Crippen MR) is 98.6 cm³/mol. The molecule has 9 heteroatoms. The van der Waals surface area contributed by atoms with Crippen LogP contribution in [0.1, 0.15) is 22.7 Å². The number of alkyl halides is 3. The summed E-state index contributed by atoms with van der Waals surface area (Å²) in [5.41, 5.74) is 1.67. The zero-order chi connectivity index (χ0) is 20.3. The number of rotatable bonds is 6. The molecule has 0 spiro atoms. The van der Waals surface area contributed by atoms with Crippen LogP contribution in [0.5, 0.6) is 0 Å². The normalized spacial score (nSPS) is 11.6. The Morgan fingerprint density at radius 1 is 1.00 bits per heavy atom. The zero-order valence-corrected chi connectivity index (χ0v) is 15.7. The fraction of sp³-hybridized carbons (Fsp3) is 0.316. The molecule has 0 aliphatic rings. The number of nitrogens with zero attached hydrogens (tertiary/aromatic N) is 4. The first-order chi connectivity index (χ1) is 13.2. The van der Waals surface area contributed by atoms with Gasteiger partial charge in [0.15, 0.2) is 0 Å². The molecule has 0 bridgehead atoms. The van der Waals surface area contributed by atoms with Crippen molar-refractivity contribution >= 4 is 5.82 Å². The Labute approximate surface area is 160 Å². The summed E-state index contributed by atoms with van der Waals surface area (Å²) in [6.07, 6.45) is -4.46. The summed E-state index contributed by atoms with van der Waals surface area (Å²) in [5, 5.41) is 7.11. The lowest BCUT2D eigenvalue weighted by atomic mass is 10.1. The van der Waals surface area contributed by atoms with E-state index in [-0.39, 0.29) is 0 Å². The highest BCUT2D eigenvalue weighted by Crippen LogP contribution is 2.30. The van der Waals surface area contributed by atoms with Crippen LogP contribution in [-0.2, 0) is 19.3 Å². The highest BCUT2D eigenvalue weighted by Gasteiger charge is 2.33. The summed E-state index contributed by atoms with van der Waals surface area (Å²) in [6.45, 7) is 2.68. The molecule has 0 radical (unpaired) electrons. The SMILES string of the molecule is Cc1nc(-c2ccc(CNCc3ccc(C(F)(F)F)nc3N(C)C)cc2)no1. The van der Waals surface area contributed by atoms with Crippen LogP contribution >= 0.6 is 0 Å². The Bertz CT molecular complexity index is 935. The van der Waals surface area contributed by atoms with Crippen molar-refractivity contribution in [3.05, 3.63) is 59.1 Å². The molecule has 148 valence electrons. The van der Waals surface area contributed by atoms with Gasteiger partial charge in [0.1, 0.15) is 11.5 Å². The van der Waals surface area contributed by atoms with E-state index in [1.165, 1.54) is 6.07 Å². The fourth-order valence-electron chi connectivity index (χ4n) is 2.69. The van der Waals surface area contributed by atoms with Crippen LogP contribution in [0.3, 0.4) is 0 Å². The van der Waals surface area contributed by atoms with Crippen LogP contribution in [0.2, 0.25) is 0 Å². The first-order valence-electron chi connectivity index (χ1n) is 8.59. The van der Waals surface area contributed by atoms with Gasteiger partial charge in [0.05, 0.1) is 0 Å². The standard InChI is InChI=1S/C19H20F3N5O/c1-12-24-17(26-28-12)14-6-4-13(5-7-14)10-23-11-15-8-9-16(19(20,21)22)25-18(15)27(2)3/h4-9,23H,10-11H2,1-3H3. The van der Waals surface area contributed by atoms with Gasteiger partial charge in [-0.1, -0.05) is 35.5 Å². The van der Waals surface area contributed by atoms with Crippen LogP contribution in [0.15, 0.2) is 40.9 Å². The first-order valence-corrected chi connectivity index (χ1v) is 8.59. The van der Waals surface area contributed by atoms with Crippen molar-refractivity contribution in [3.8, 4) is 11.4 Å². The van der Waals surface area contributed by atoms with Crippen LogP contribution in [0.4, 0.5) is 19.0 Å². The molecule has 1 aromatic carbocycles. The third kappa shape index (κ3) is 4.66. The van der Waals surface area contributed by atoms with E-state index in [0.29, 0.717) is 36.2 Å². The van der Waals surface area contributed by atoms with Crippen LogP contribution in [-0.4, -0.2) is 29.2 Å². The van der Waals surface area contributed by atoms with Gasteiger partial charge in [-0.3, -0.25) is 0 Å². The van der Waals surface area contributed by atoms with Crippen LogP contribution < -0.4 is 10.2 Å². The molecule has 0 saturated heterocycles. The molecule has 0 saturated carbocycles. The average molecular weight is 391 g/mol. The molecule has 0 amide bonds. The number of hydrogen-bond donors (Lipinski definition) is 1. The summed E-state index contributed by atoms with van der Waals surface area (Å²) < 4.78 is 43.6. The van der Waals surface area contributed by atoms with E-state index in [0.717, 1.165) is 17.2 Å². The van der Waals surface area contributed by atoms with Crippen molar-refractivity contribution in [3.63, 3.8) is 0 Å². The third-order valence-corrected chi connectivity index (χ3v) is 4.05. The van der Waals surface area contributed by atoms with E-state index in [2.05, 4.69) is 20.4 Å². The molecule has 0 unspecified atom stereocenters. The van der Waals surface area contributed by atoms with Crippen molar-refractivity contribution in [2.45, 2.75) is 26.2 Å². The topological polar surface area (TPSA) is 67.1 Å². The smallest absolute Gasteiger partial charge is 0.362 e. The lowest BCUT2D eigenvalue weighted by Crippen LogP contribution is -2.20. The van der Waals surface area contributed by atoms with E-state index in [9.17, 15) is 13.2 Å². The zero-order valence-electron chi connectivity index (χ0n) is 15.7. The molecule has 0 aliphatic heterocycles. The number of nitrogens with one attached hydrogen (secondary N) is 1. The number of benzene rings is 1. The minimum atomic E-state index is -4.46. The van der Waals surface area contributed by atoms with Gasteiger partial charge in [-0.05, 0) is 11.6 Å². The second-order valence-corrected chi connectivity index (χ2v) is 6.51. The fourth-order valence-corrected chi connectivity index (χ4v) is 2.69. The van der Waals surface area contributed by atoms with Gasteiger partial charge in [0.25, 0.3) is 0 Å². The van der Waals surface area contributed by atoms with Crippen molar-refractivity contribution in [2.24, 2.45) is 0 Å². The Balaban J connectivity index is 1.64. The summed E-state index contributed by atoms with van der Waals surface area (Å²) in [6, 6.07) is 10.1. The number of hydrogen-bond acceptors (Lipinski definition) is 6. The Morgan fingerprint density at radius 2 is 1.71 bits per heavy atom. The van der Waals surface area contributed by atoms with Gasteiger partial charge in [-0.15, -0.1) is 0 Å². The summed E-state index contributed by atoms with van der Waals surface area (Å²) in [4.78, 5) is 9.51. The molecule has 3 rings (SSSR count). The van der Waals surface area contributed by atoms with E-state index in [1.807, 2.05) is 24.3 Å². The molecule has 0 fully saturated rings. The number of aromatic nitrogens is 3. The quantitative estimate of drug-likeness (QED) is 0.689. The Kier molecular flexibility index (Phi) is 5.64. The van der Waals surface area contributed by atoms with E-state index < -0.39 is 11.9 Å². The molecular formula is C19H20F3N5O. The molecule has 2 aromatic heterocycles. The highest BCUT2D eigenvalue weighted by atomic mass is 19.4. The lowest BCUT2D eigenvalue weighted by Gasteiger charge is -2.18. The van der Waals surface area contributed by atoms with Crippen molar-refractivity contribution in [1.29, 1.82) is 0 Å². The van der Waals surface area contributed by atoms with Crippen molar-refractivity contribution < 1.29 is 17.7 Å². The maximum atomic E-state index is 12.9. The number of anilines is 1. The van der Waals surface area contributed by atoms with Gasteiger partial charge in [-0.2, -0.15) is 18.2 Å². The Morgan fingerprint density at radius 3 is 2.29 bits per heavy atom. The molecule has 6 nitrogen and oxygen atoms in total. The summed E-state index contributed by atoms with van der Waals surface area (Å²) >= 11 is 0. The monoisotopic (exact) mass is 391 g/mol. The van der Waals surface area contributed by atoms with E-state index >= 15 is 0 Å². The van der Waals surface area contributed by atoms with Crippen LogP contribution in [0.25, 0.3) is 11.4 Å². The molecule has 2 heterocycles. The Hall–Kier alpha value is -2.94. The molecule has 28 heavy (non-hydrogen) atoms. The summed E-state index contributed by atoms with van der Waals surface area (Å²) in [5.74, 6) is 1.33. The average Bonchev–Trinajstić information content (AvgIpc) is 3.08. The minimum absolute atomic E-state index is 0.296. The van der Waals surface area contributed by atoms with E-state index in [1.54, 1.807) is 25.9 Å². The number of pyridine rings is 1.